The number of rotatable bonds is 2. The first kappa shape index (κ1) is 16.3. The van der Waals surface area contributed by atoms with Gasteiger partial charge in [0, 0.05) is 19.9 Å². The van der Waals surface area contributed by atoms with Gasteiger partial charge in [0.15, 0.2) is 0 Å². The van der Waals surface area contributed by atoms with E-state index in [-0.39, 0.29) is 0 Å². The maximum absolute atomic E-state index is 12.1. The number of hydrogen-bond acceptors (Lipinski definition) is 4. The third kappa shape index (κ3) is 3.99. The molecule has 1 aromatic carbocycles. The van der Waals surface area contributed by atoms with E-state index in [0.717, 1.165) is 14.9 Å². The van der Waals surface area contributed by atoms with Crippen molar-refractivity contribution >= 4 is 50.5 Å². The van der Waals surface area contributed by atoms with E-state index >= 15 is 0 Å². The van der Waals surface area contributed by atoms with Gasteiger partial charge in [0.25, 0.3) is 0 Å². The molecule has 2 aromatic rings. The van der Waals surface area contributed by atoms with Crippen LogP contribution in [0, 0.1) is 0 Å². The van der Waals surface area contributed by atoms with Crippen molar-refractivity contribution in [1.29, 1.82) is 0 Å². The average Bonchev–Trinajstić information content (AvgIpc) is 2.72. The minimum absolute atomic E-state index is 0.399. The molecule has 0 aliphatic heterocycles. The minimum Gasteiger partial charge on any atom is -0.456 e. The second-order valence-corrected chi connectivity index (χ2v) is 7.90. The summed E-state index contributed by atoms with van der Waals surface area (Å²) in [5, 5.41) is 0.607. The number of nitrogen functional groups attached to an aromatic ring is 1. The minimum atomic E-state index is -0.554. The van der Waals surface area contributed by atoms with Crippen LogP contribution in [0.1, 0.15) is 30.4 Å². The SMILES string of the molecule is CC(C)(C)OC(=O)c1sc(-c2cc(Br)ccc2Cl)cc1N. The molecular formula is C15H15BrClNO2S. The summed E-state index contributed by atoms with van der Waals surface area (Å²) in [5.74, 6) is -0.414. The molecule has 0 bridgehead atoms. The van der Waals surface area contributed by atoms with Crippen LogP contribution < -0.4 is 5.73 Å². The summed E-state index contributed by atoms with van der Waals surface area (Å²) in [6, 6.07) is 7.30. The van der Waals surface area contributed by atoms with Crippen molar-refractivity contribution in [3.05, 3.63) is 38.6 Å². The van der Waals surface area contributed by atoms with Gasteiger partial charge in [-0.2, -0.15) is 0 Å². The molecule has 0 aliphatic rings. The average molecular weight is 389 g/mol. The maximum atomic E-state index is 12.1. The number of nitrogens with two attached hydrogens (primary N) is 1. The Bertz CT molecular complexity index is 691. The van der Waals surface area contributed by atoms with Crippen LogP contribution in [0.4, 0.5) is 5.69 Å². The van der Waals surface area contributed by atoms with Crippen molar-refractivity contribution in [2.75, 3.05) is 5.73 Å². The van der Waals surface area contributed by atoms with Crippen molar-refractivity contribution in [1.82, 2.24) is 0 Å². The van der Waals surface area contributed by atoms with Gasteiger partial charge in [0.2, 0.25) is 0 Å². The number of esters is 1. The fraction of sp³-hybridized carbons (Fsp3) is 0.267. The Morgan fingerprint density at radius 1 is 1.33 bits per heavy atom. The van der Waals surface area contributed by atoms with E-state index in [1.54, 1.807) is 12.1 Å². The van der Waals surface area contributed by atoms with Gasteiger partial charge < -0.3 is 10.5 Å². The van der Waals surface area contributed by atoms with Gasteiger partial charge in [-0.25, -0.2) is 4.79 Å². The van der Waals surface area contributed by atoms with Crippen molar-refractivity contribution < 1.29 is 9.53 Å². The van der Waals surface area contributed by atoms with Crippen molar-refractivity contribution in [2.45, 2.75) is 26.4 Å². The highest BCUT2D eigenvalue weighted by atomic mass is 79.9. The largest absolute Gasteiger partial charge is 0.456 e. The highest BCUT2D eigenvalue weighted by Crippen LogP contribution is 2.38. The lowest BCUT2D eigenvalue weighted by Crippen LogP contribution is -2.23. The zero-order chi connectivity index (χ0) is 15.8. The summed E-state index contributed by atoms with van der Waals surface area (Å²) in [5.41, 5.74) is 6.62. The third-order valence-electron chi connectivity index (χ3n) is 2.54. The molecule has 6 heteroatoms. The van der Waals surface area contributed by atoms with Gasteiger partial charge in [0.1, 0.15) is 10.5 Å². The quantitative estimate of drug-likeness (QED) is 0.704. The molecule has 0 amide bonds. The first-order valence-corrected chi connectivity index (χ1v) is 8.24. The van der Waals surface area contributed by atoms with E-state index in [1.165, 1.54) is 11.3 Å². The van der Waals surface area contributed by atoms with Crippen LogP contribution in [0.15, 0.2) is 28.7 Å². The summed E-state index contributed by atoms with van der Waals surface area (Å²) >= 11 is 10.9. The van der Waals surface area contributed by atoms with E-state index in [2.05, 4.69) is 15.9 Å². The predicted octanol–water partition coefficient (Wildman–Crippen LogP) is 5.37. The van der Waals surface area contributed by atoms with E-state index in [9.17, 15) is 4.79 Å². The number of carbonyl (C=O) groups excluding carboxylic acids is 1. The van der Waals surface area contributed by atoms with Crippen LogP contribution in [0.2, 0.25) is 5.02 Å². The fourth-order valence-electron chi connectivity index (χ4n) is 1.71. The molecule has 0 unspecified atom stereocenters. The second-order valence-electron chi connectivity index (χ2n) is 5.52. The molecule has 0 spiro atoms. The molecular weight excluding hydrogens is 374 g/mol. The summed E-state index contributed by atoms with van der Waals surface area (Å²) in [6.45, 7) is 5.46. The highest BCUT2D eigenvalue weighted by Gasteiger charge is 2.23. The van der Waals surface area contributed by atoms with Crippen LogP contribution >= 0.6 is 38.9 Å². The molecule has 0 fully saturated rings. The molecule has 0 atom stereocenters. The van der Waals surface area contributed by atoms with Gasteiger partial charge in [-0.05, 0) is 45.0 Å². The number of halogens is 2. The molecule has 1 heterocycles. The zero-order valence-electron chi connectivity index (χ0n) is 11.9. The molecule has 2 rings (SSSR count). The fourth-order valence-corrected chi connectivity index (χ4v) is 3.33. The number of carbonyl (C=O) groups is 1. The molecule has 21 heavy (non-hydrogen) atoms. The van der Waals surface area contributed by atoms with E-state index in [1.807, 2.05) is 32.9 Å². The summed E-state index contributed by atoms with van der Waals surface area (Å²) in [4.78, 5) is 13.4. The molecule has 0 radical (unpaired) electrons. The lowest BCUT2D eigenvalue weighted by Gasteiger charge is -2.18. The normalized spacial score (nSPS) is 11.5. The Morgan fingerprint density at radius 3 is 2.62 bits per heavy atom. The summed E-state index contributed by atoms with van der Waals surface area (Å²) in [7, 11) is 0. The number of anilines is 1. The van der Waals surface area contributed by atoms with E-state index in [0.29, 0.717) is 15.6 Å². The molecule has 3 nitrogen and oxygen atoms in total. The van der Waals surface area contributed by atoms with E-state index in [4.69, 9.17) is 22.1 Å². The number of benzene rings is 1. The monoisotopic (exact) mass is 387 g/mol. The van der Waals surface area contributed by atoms with Gasteiger partial charge in [0.05, 0.1) is 5.69 Å². The Balaban J connectivity index is 2.39. The number of ether oxygens (including phenoxy) is 1. The lowest BCUT2D eigenvalue weighted by molar-refractivity contribution is 0.00764. The van der Waals surface area contributed by atoms with Gasteiger partial charge in [-0.15, -0.1) is 11.3 Å². The van der Waals surface area contributed by atoms with Gasteiger partial charge >= 0.3 is 5.97 Å². The predicted molar refractivity (Wildman–Crippen MR) is 92.0 cm³/mol. The van der Waals surface area contributed by atoms with Crippen LogP contribution in [0.5, 0.6) is 0 Å². The molecule has 112 valence electrons. The Morgan fingerprint density at radius 2 is 2.00 bits per heavy atom. The van der Waals surface area contributed by atoms with Crippen molar-refractivity contribution in [2.24, 2.45) is 0 Å². The molecule has 1 aromatic heterocycles. The zero-order valence-corrected chi connectivity index (χ0v) is 15.0. The van der Waals surface area contributed by atoms with E-state index < -0.39 is 11.6 Å². The highest BCUT2D eigenvalue weighted by molar-refractivity contribution is 9.10. The standard InChI is InChI=1S/C15H15BrClNO2S/c1-15(2,3)20-14(19)13-11(18)7-12(21-13)9-6-8(16)4-5-10(9)17/h4-7H,18H2,1-3H3. The maximum Gasteiger partial charge on any atom is 0.350 e. The second kappa shape index (κ2) is 5.99. The van der Waals surface area contributed by atoms with Crippen LogP contribution in [0.3, 0.4) is 0 Å². The van der Waals surface area contributed by atoms with Gasteiger partial charge in [-0.1, -0.05) is 27.5 Å². The van der Waals surface area contributed by atoms with Crippen molar-refractivity contribution in [3.63, 3.8) is 0 Å². The summed E-state index contributed by atoms with van der Waals surface area (Å²) in [6.07, 6.45) is 0. The first-order chi connectivity index (χ1) is 9.67. The van der Waals surface area contributed by atoms with Crippen LogP contribution in [-0.4, -0.2) is 11.6 Å². The lowest BCUT2D eigenvalue weighted by atomic mass is 10.2. The Kier molecular flexibility index (Phi) is 4.66. The molecule has 0 aliphatic carbocycles. The summed E-state index contributed by atoms with van der Waals surface area (Å²) < 4.78 is 6.27. The molecule has 0 saturated heterocycles. The van der Waals surface area contributed by atoms with Gasteiger partial charge in [-0.3, -0.25) is 0 Å². The number of hydrogen-bond donors (Lipinski definition) is 1. The van der Waals surface area contributed by atoms with Crippen LogP contribution in [0.25, 0.3) is 10.4 Å². The van der Waals surface area contributed by atoms with Crippen molar-refractivity contribution in [3.8, 4) is 10.4 Å². The van der Waals surface area contributed by atoms with Crippen LogP contribution in [-0.2, 0) is 4.74 Å². The first-order valence-electron chi connectivity index (χ1n) is 6.25. The Hall–Kier alpha value is -1.04. The molecule has 0 saturated carbocycles. The topological polar surface area (TPSA) is 52.3 Å². The Labute approximate surface area is 141 Å². The molecule has 2 N–H and O–H groups in total. The smallest absolute Gasteiger partial charge is 0.350 e. The number of thiophene rings is 1. The third-order valence-corrected chi connectivity index (χ3v) is 4.53.